The van der Waals surface area contributed by atoms with Gasteiger partial charge in [-0.3, -0.25) is 4.68 Å². The lowest BCUT2D eigenvalue weighted by atomic mass is 9.98. The Bertz CT molecular complexity index is 941. The fourth-order valence-electron chi connectivity index (χ4n) is 2.97. The van der Waals surface area contributed by atoms with E-state index in [1.165, 1.54) is 7.11 Å². The molecule has 0 unspecified atom stereocenters. The number of aliphatic hydroxyl groups excluding tert-OH is 1. The molecule has 0 aliphatic rings. The first-order valence-electron chi connectivity index (χ1n) is 7.99. The van der Waals surface area contributed by atoms with E-state index in [1.807, 2.05) is 41.9 Å². The van der Waals surface area contributed by atoms with E-state index in [-0.39, 0.29) is 13.4 Å². The van der Waals surface area contributed by atoms with Crippen LogP contribution < -0.4 is 4.74 Å². The molecular weight excluding hydrogens is 318 g/mol. The molecule has 1 N–H and O–H groups in total. The summed E-state index contributed by atoms with van der Waals surface area (Å²) in [5.74, 6) is 0.345. The number of hydrogen-bond acceptors (Lipinski definition) is 5. The second kappa shape index (κ2) is 7.34. The molecule has 0 radical (unpaired) electrons. The SMILES string of the molecule is CCn1nc2ccccc2c1-c1ccc(C#N)c(OCOC)c1CO. The molecule has 0 saturated carbocycles. The van der Waals surface area contributed by atoms with E-state index in [2.05, 4.69) is 11.2 Å². The first-order chi connectivity index (χ1) is 12.2. The fraction of sp³-hybridized carbons (Fsp3) is 0.263. The highest BCUT2D eigenvalue weighted by molar-refractivity contribution is 5.94. The molecular formula is C19H19N3O3. The summed E-state index contributed by atoms with van der Waals surface area (Å²) in [5, 5.41) is 25.0. The van der Waals surface area contributed by atoms with Crippen LogP contribution in [0.3, 0.4) is 0 Å². The number of rotatable bonds is 6. The molecule has 1 heterocycles. The number of nitrogens with zero attached hydrogens (tertiary/aromatic N) is 3. The molecule has 2 aromatic carbocycles. The number of hydrogen-bond donors (Lipinski definition) is 1. The predicted molar refractivity (Wildman–Crippen MR) is 94.0 cm³/mol. The summed E-state index contributed by atoms with van der Waals surface area (Å²) >= 11 is 0. The summed E-state index contributed by atoms with van der Waals surface area (Å²) in [6.45, 7) is 2.44. The van der Waals surface area contributed by atoms with Crippen LogP contribution >= 0.6 is 0 Å². The molecule has 1 aromatic heterocycles. The van der Waals surface area contributed by atoms with Gasteiger partial charge in [-0.05, 0) is 19.1 Å². The van der Waals surface area contributed by atoms with Gasteiger partial charge in [0.1, 0.15) is 11.8 Å². The van der Waals surface area contributed by atoms with E-state index in [0.29, 0.717) is 23.4 Å². The molecule has 0 spiro atoms. The van der Waals surface area contributed by atoms with Crippen LogP contribution in [-0.2, 0) is 17.9 Å². The highest BCUT2D eigenvalue weighted by Crippen LogP contribution is 2.37. The maximum atomic E-state index is 9.99. The molecule has 0 aliphatic carbocycles. The van der Waals surface area contributed by atoms with E-state index in [0.717, 1.165) is 22.2 Å². The molecule has 0 saturated heterocycles. The van der Waals surface area contributed by atoms with Crippen molar-refractivity contribution >= 4 is 10.9 Å². The summed E-state index contributed by atoms with van der Waals surface area (Å²) in [7, 11) is 1.51. The van der Waals surface area contributed by atoms with Gasteiger partial charge in [0.2, 0.25) is 0 Å². The Labute approximate surface area is 145 Å². The Hall–Kier alpha value is -2.88. The molecule has 6 heteroatoms. The van der Waals surface area contributed by atoms with Gasteiger partial charge >= 0.3 is 0 Å². The molecule has 6 nitrogen and oxygen atoms in total. The van der Waals surface area contributed by atoms with Gasteiger partial charge in [-0.15, -0.1) is 0 Å². The largest absolute Gasteiger partial charge is 0.466 e. The van der Waals surface area contributed by atoms with Crippen molar-refractivity contribution in [3.05, 3.63) is 47.5 Å². The van der Waals surface area contributed by atoms with Gasteiger partial charge in [-0.2, -0.15) is 10.4 Å². The normalized spacial score (nSPS) is 10.8. The zero-order valence-corrected chi connectivity index (χ0v) is 14.2. The van der Waals surface area contributed by atoms with E-state index >= 15 is 0 Å². The van der Waals surface area contributed by atoms with Gasteiger partial charge in [0.15, 0.2) is 6.79 Å². The highest BCUT2D eigenvalue weighted by Gasteiger charge is 2.20. The Morgan fingerprint density at radius 1 is 1.24 bits per heavy atom. The van der Waals surface area contributed by atoms with Crippen molar-refractivity contribution in [1.29, 1.82) is 5.26 Å². The minimum absolute atomic E-state index is 0.00107. The summed E-state index contributed by atoms with van der Waals surface area (Å²) in [6.07, 6.45) is 0. The fourth-order valence-corrected chi connectivity index (χ4v) is 2.97. The number of benzene rings is 2. The van der Waals surface area contributed by atoms with Crippen LogP contribution in [0.1, 0.15) is 18.1 Å². The van der Waals surface area contributed by atoms with E-state index in [1.54, 1.807) is 6.07 Å². The quantitative estimate of drug-likeness (QED) is 0.699. The van der Waals surface area contributed by atoms with Gasteiger partial charge in [0, 0.05) is 30.2 Å². The van der Waals surface area contributed by atoms with Crippen molar-refractivity contribution in [2.75, 3.05) is 13.9 Å². The molecule has 0 bridgehead atoms. The molecule has 0 fully saturated rings. The van der Waals surface area contributed by atoms with Crippen LogP contribution in [0.15, 0.2) is 36.4 Å². The van der Waals surface area contributed by atoms with Gasteiger partial charge < -0.3 is 14.6 Å². The Balaban J connectivity index is 2.29. The molecule has 3 aromatic rings. The first kappa shape index (κ1) is 17.0. The van der Waals surface area contributed by atoms with Crippen molar-refractivity contribution < 1.29 is 14.6 Å². The zero-order chi connectivity index (χ0) is 17.8. The lowest BCUT2D eigenvalue weighted by molar-refractivity contribution is 0.0493. The molecule has 0 atom stereocenters. The van der Waals surface area contributed by atoms with Gasteiger partial charge in [-0.1, -0.05) is 24.3 Å². The van der Waals surface area contributed by atoms with E-state index in [9.17, 15) is 10.4 Å². The number of aliphatic hydroxyl groups is 1. The Morgan fingerprint density at radius 3 is 2.72 bits per heavy atom. The average molecular weight is 337 g/mol. The van der Waals surface area contributed by atoms with Crippen molar-refractivity contribution in [1.82, 2.24) is 9.78 Å². The van der Waals surface area contributed by atoms with Crippen molar-refractivity contribution in [2.24, 2.45) is 0 Å². The van der Waals surface area contributed by atoms with Gasteiger partial charge in [-0.25, -0.2) is 0 Å². The van der Waals surface area contributed by atoms with Crippen LogP contribution in [-0.4, -0.2) is 28.8 Å². The standard InChI is InChI=1S/C19H19N3O3/c1-3-22-18(15-6-4-5-7-17(15)21-22)14-9-8-13(10-20)19(16(14)11-23)25-12-24-2/h4-9,23H,3,11-12H2,1-2H3. The van der Waals surface area contributed by atoms with Crippen molar-refractivity contribution in [2.45, 2.75) is 20.1 Å². The zero-order valence-electron chi connectivity index (χ0n) is 14.2. The van der Waals surface area contributed by atoms with Gasteiger partial charge in [0.05, 0.1) is 23.4 Å². The second-order valence-electron chi connectivity index (χ2n) is 5.47. The molecule has 3 rings (SSSR count). The number of ether oxygens (including phenoxy) is 2. The van der Waals surface area contributed by atoms with Crippen molar-refractivity contribution in [3.8, 4) is 23.1 Å². The van der Waals surface area contributed by atoms with Crippen LogP contribution in [0.2, 0.25) is 0 Å². The first-order valence-corrected chi connectivity index (χ1v) is 7.99. The second-order valence-corrected chi connectivity index (χ2v) is 5.47. The van der Waals surface area contributed by atoms with Crippen LogP contribution in [0.5, 0.6) is 5.75 Å². The third-order valence-corrected chi connectivity index (χ3v) is 4.06. The number of aromatic nitrogens is 2. The van der Waals surface area contributed by atoms with E-state index < -0.39 is 0 Å². The number of aryl methyl sites for hydroxylation is 1. The highest BCUT2D eigenvalue weighted by atomic mass is 16.7. The summed E-state index contributed by atoms with van der Waals surface area (Å²) < 4.78 is 12.4. The summed E-state index contributed by atoms with van der Waals surface area (Å²) in [6, 6.07) is 13.5. The maximum absolute atomic E-state index is 9.99. The topological polar surface area (TPSA) is 80.3 Å². The molecule has 128 valence electrons. The minimum Gasteiger partial charge on any atom is -0.466 e. The molecule has 0 aliphatic heterocycles. The van der Waals surface area contributed by atoms with E-state index in [4.69, 9.17) is 9.47 Å². The summed E-state index contributed by atoms with van der Waals surface area (Å²) in [5.41, 5.74) is 3.48. The lowest BCUT2D eigenvalue weighted by Crippen LogP contribution is -2.07. The Kier molecular flexibility index (Phi) is 4.98. The Morgan fingerprint density at radius 2 is 2.04 bits per heavy atom. The smallest absolute Gasteiger partial charge is 0.188 e. The molecule has 0 amide bonds. The third kappa shape index (κ3) is 2.95. The average Bonchev–Trinajstić information content (AvgIpc) is 3.03. The van der Waals surface area contributed by atoms with Crippen LogP contribution in [0, 0.1) is 11.3 Å². The molecule has 25 heavy (non-hydrogen) atoms. The van der Waals surface area contributed by atoms with Crippen LogP contribution in [0.4, 0.5) is 0 Å². The third-order valence-electron chi connectivity index (χ3n) is 4.06. The predicted octanol–water partition coefficient (Wildman–Crippen LogP) is 3.07. The number of methoxy groups -OCH3 is 1. The maximum Gasteiger partial charge on any atom is 0.188 e. The lowest BCUT2D eigenvalue weighted by Gasteiger charge is -2.16. The van der Waals surface area contributed by atoms with Gasteiger partial charge in [0.25, 0.3) is 0 Å². The minimum atomic E-state index is -0.257. The number of fused-ring (bicyclic) bond motifs is 1. The number of nitriles is 1. The van der Waals surface area contributed by atoms with Crippen molar-refractivity contribution in [3.63, 3.8) is 0 Å². The van der Waals surface area contributed by atoms with Crippen LogP contribution in [0.25, 0.3) is 22.2 Å². The monoisotopic (exact) mass is 337 g/mol. The summed E-state index contributed by atoms with van der Waals surface area (Å²) in [4.78, 5) is 0.